The number of aromatic nitrogens is 2. The third kappa shape index (κ3) is 3.02. The molecule has 0 saturated heterocycles. The van der Waals surface area contributed by atoms with E-state index in [0.717, 1.165) is 0 Å². The van der Waals surface area contributed by atoms with Crippen LogP contribution in [0.2, 0.25) is 5.02 Å². The number of benzene rings is 1. The zero-order valence-electron chi connectivity index (χ0n) is 10.3. The number of carboxylic acid groups (broad SMARTS) is 1. The Labute approximate surface area is 119 Å². The Morgan fingerprint density at radius 1 is 1.40 bits per heavy atom. The van der Waals surface area contributed by atoms with Crippen LogP contribution in [0.25, 0.3) is 0 Å². The molecule has 20 heavy (non-hydrogen) atoms. The van der Waals surface area contributed by atoms with E-state index < -0.39 is 5.97 Å². The highest BCUT2D eigenvalue weighted by atomic mass is 35.5. The van der Waals surface area contributed by atoms with Gasteiger partial charge in [0.05, 0.1) is 10.6 Å². The second-order valence-electron chi connectivity index (χ2n) is 3.84. The highest BCUT2D eigenvalue weighted by molar-refractivity contribution is 6.33. The predicted octanol–water partition coefficient (Wildman–Crippen LogP) is 2.80. The molecule has 0 aliphatic rings. The van der Waals surface area contributed by atoms with Gasteiger partial charge in [-0.25, -0.2) is 9.78 Å². The first-order valence-electron chi connectivity index (χ1n) is 5.46. The Hall–Kier alpha value is -2.65. The maximum atomic E-state index is 11.0. The number of nitrogens with zero attached hydrogens (tertiary/aromatic N) is 3. The van der Waals surface area contributed by atoms with Crippen LogP contribution < -0.4 is 4.74 Å². The van der Waals surface area contributed by atoms with Gasteiger partial charge in [-0.15, -0.1) is 0 Å². The summed E-state index contributed by atoms with van der Waals surface area (Å²) in [6, 6.07) is 7.53. The van der Waals surface area contributed by atoms with Crippen molar-refractivity contribution in [3.05, 3.63) is 46.2 Å². The van der Waals surface area contributed by atoms with E-state index in [9.17, 15) is 4.79 Å². The van der Waals surface area contributed by atoms with E-state index in [0.29, 0.717) is 5.69 Å². The monoisotopic (exact) mass is 289 g/mol. The summed E-state index contributed by atoms with van der Waals surface area (Å²) >= 11 is 5.76. The van der Waals surface area contributed by atoms with Gasteiger partial charge in [0.25, 0.3) is 0 Å². The molecule has 0 radical (unpaired) electrons. The summed E-state index contributed by atoms with van der Waals surface area (Å²) < 4.78 is 5.35. The molecule has 0 saturated carbocycles. The quantitative estimate of drug-likeness (QED) is 0.933. The average Bonchev–Trinajstić information content (AvgIpc) is 2.40. The Balaban J connectivity index is 2.35. The van der Waals surface area contributed by atoms with Crippen LogP contribution in [0.5, 0.6) is 11.8 Å². The predicted molar refractivity (Wildman–Crippen MR) is 70.0 cm³/mol. The van der Waals surface area contributed by atoms with Crippen LogP contribution in [-0.4, -0.2) is 21.0 Å². The van der Waals surface area contributed by atoms with Crippen molar-refractivity contribution in [2.45, 2.75) is 6.92 Å². The smallest absolute Gasteiger partial charge is 0.337 e. The Morgan fingerprint density at radius 3 is 2.80 bits per heavy atom. The summed E-state index contributed by atoms with van der Waals surface area (Å²) in [5.74, 6) is -0.940. The molecule has 0 spiro atoms. The van der Waals surface area contributed by atoms with Crippen molar-refractivity contribution in [2.75, 3.05) is 0 Å². The van der Waals surface area contributed by atoms with Crippen molar-refractivity contribution in [1.29, 1.82) is 5.26 Å². The number of hydrogen-bond acceptors (Lipinski definition) is 5. The third-order valence-electron chi connectivity index (χ3n) is 2.33. The van der Waals surface area contributed by atoms with Gasteiger partial charge in [-0.05, 0) is 31.2 Å². The molecule has 0 unspecified atom stereocenters. The number of aromatic carboxylic acids is 1. The molecule has 1 N–H and O–H groups in total. The lowest BCUT2D eigenvalue weighted by Crippen LogP contribution is -2.00. The zero-order valence-corrected chi connectivity index (χ0v) is 11.0. The standard InChI is InChI=1S/C13H8ClN3O3/c1-7-4-8(6-15)17-13(16-7)20-9-2-3-11(14)10(5-9)12(18)19/h2-5H,1H3,(H,18,19). The van der Waals surface area contributed by atoms with Crippen LogP contribution in [0, 0.1) is 18.3 Å². The van der Waals surface area contributed by atoms with Crippen LogP contribution in [0.4, 0.5) is 0 Å². The van der Waals surface area contributed by atoms with Gasteiger partial charge in [0.15, 0.2) is 0 Å². The van der Waals surface area contributed by atoms with Crippen LogP contribution >= 0.6 is 11.6 Å². The van der Waals surface area contributed by atoms with Crippen molar-refractivity contribution in [2.24, 2.45) is 0 Å². The molecule has 1 heterocycles. The van der Waals surface area contributed by atoms with Gasteiger partial charge in [-0.3, -0.25) is 0 Å². The van der Waals surface area contributed by atoms with Gasteiger partial charge >= 0.3 is 12.0 Å². The SMILES string of the molecule is Cc1cc(C#N)nc(Oc2ccc(Cl)c(C(=O)O)c2)n1. The summed E-state index contributed by atoms with van der Waals surface area (Å²) in [6.45, 7) is 1.69. The minimum absolute atomic E-state index is 0.0276. The van der Waals surface area contributed by atoms with Crippen molar-refractivity contribution in [3.63, 3.8) is 0 Å². The van der Waals surface area contributed by atoms with Gasteiger partial charge in [-0.2, -0.15) is 10.2 Å². The second-order valence-corrected chi connectivity index (χ2v) is 4.25. The van der Waals surface area contributed by atoms with Crippen LogP contribution in [0.15, 0.2) is 24.3 Å². The minimum Gasteiger partial charge on any atom is -0.478 e. The summed E-state index contributed by atoms with van der Waals surface area (Å²) in [6.07, 6.45) is 0. The molecule has 0 aliphatic heterocycles. The van der Waals surface area contributed by atoms with Gasteiger partial charge in [0.1, 0.15) is 17.5 Å². The third-order valence-corrected chi connectivity index (χ3v) is 2.66. The first-order valence-corrected chi connectivity index (χ1v) is 5.84. The zero-order chi connectivity index (χ0) is 14.7. The Bertz CT molecular complexity index is 725. The molecule has 0 fully saturated rings. The van der Waals surface area contributed by atoms with Gasteiger partial charge in [0, 0.05) is 5.69 Å². The lowest BCUT2D eigenvalue weighted by atomic mass is 10.2. The summed E-state index contributed by atoms with van der Waals surface area (Å²) in [4.78, 5) is 18.8. The molecule has 100 valence electrons. The average molecular weight is 290 g/mol. The highest BCUT2D eigenvalue weighted by Crippen LogP contribution is 2.25. The summed E-state index contributed by atoms with van der Waals surface area (Å²) in [5.41, 5.74) is 0.649. The van der Waals surface area contributed by atoms with E-state index in [1.54, 1.807) is 6.92 Å². The van der Waals surface area contributed by atoms with E-state index in [1.165, 1.54) is 24.3 Å². The van der Waals surface area contributed by atoms with E-state index in [-0.39, 0.29) is 28.0 Å². The molecular formula is C13H8ClN3O3. The number of hydrogen-bond donors (Lipinski definition) is 1. The number of rotatable bonds is 3. The van der Waals surface area contributed by atoms with Crippen molar-refractivity contribution in [1.82, 2.24) is 9.97 Å². The fraction of sp³-hybridized carbons (Fsp3) is 0.0769. The maximum absolute atomic E-state index is 11.0. The number of carboxylic acids is 1. The number of aryl methyl sites for hydroxylation is 1. The van der Waals surface area contributed by atoms with E-state index in [2.05, 4.69) is 9.97 Å². The lowest BCUT2D eigenvalue weighted by molar-refractivity contribution is 0.0696. The molecule has 1 aromatic carbocycles. The summed E-state index contributed by atoms with van der Waals surface area (Å²) in [7, 11) is 0. The second kappa shape index (κ2) is 5.55. The first-order chi connectivity index (χ1) is 9.49. The van der Waals surface area contributed by atoms with E-state index >= 15 is 0 Å². The van der Waals surface area contributed by atoms with Crippen molar-refractivity contribution < 1.29 is 14.6 Å². The number of ether oxygens (including phenoxy) is 1. The highest BCUT2D eigenvalue weighted by Gasteiger charge is 2.11. The summed E-state index contributed by atoms with van der Waals surface area (Å²) in [5, 5.41) is 17.9. The topological polar surface area (TPSA) is 96.1 Å². The fourth-order valence-corrected chi connectivity index (χ4v) is 1.68. The van der Waals surface area contributed by atoms with Gasteiger partial charge in [0.2, 0.25) is 0 Å². The normalized spacial score (nSPS) is 9.85. The number of nitriles is 1. The molecule has 2 rings (SSSR count). The van der Waals surface area contributed by atoms with E-state index in [1.807, 2.05) is 6.07 Å². The molecule has 0 bridgehead atoms. The molecule has 1 aromatic heterocycles. The van der Waals surface area contributed by atoms with Crippen molar-refractivity contribution in [3.8, 4) is 17.8 Å². The first kappa shape index (κ1) is 13.8. The fourth-order valence-electron chi connectivity index (χ4n) is 1.48. The minimum atomic E-state index is -1.16. The molecule has 6 nitrogen and oxygen atoms in total. The largest absolute Gasteiger partial charge is 0.478 e. The maximum Gasteiger partial charge on any atom is 0.337 e. The molecule has 0 aliphatic carbocycles. The number of carbonyl (C=O) groups is 1. The Kier molecular flexibility index (Phi) is 3.82. The van der Waals surface area contributed by atoms with Gasteiger partial charge in [-0.1, -0.05) is 11.6 Å². The molecular weight excluding hydrogens is 282 g/mol. The molecule has 2 aromatic rings. The van der Waals surface area contributed by atoms with Gasteiger partial charge < -0.3 is 9.84 Å². The molecule has 0 amide bonds. The Morgan fingerprint density at radius 2 is 2.15 bits per heavy atom. The van der Waals surface area contributed by atoms with Crippen LogP contribution in [0.3, 0.4) is 0 Å². The van der Waals surface area contributed by atoms with Crippen LogP contribution in [-0.2, 0) is 0 Å². The van der Waals surface area contributed by atoms with Crippen molar-refractivity contribution >= 4 is 17.6 Å². The molecule has 0 atom stereocenters. The lowest BCUT2D eigenvalue weighted by Gasteiger charge is -2.06. The molecule has 7 heteroatoms. The van der Waals surface area contributed by atoms with E-state index in [4.69, 9.17) is 26.7 Å². The number of halogens is 1. The van der Waals surface area contributed by atoms with Crippen LogP contribution in [0.1, 0.15) is 21.7 Å².